The van der Waals surface area contributed by atoms with Crippen LogP contribution in [0.3, 0.4) is 0 Å². The molecule has 1 N–H and O–H groups in total. The Hall–Kier alpha value is -2.24. The molecule has 6 heteroatoms. The SMILES string of the molecule is C=CCCC(=O)C(=O)C(CCC)CC(=O)[C@@H](CC(=O)[C@@H](NC(=C)OC(CC)CC)C1CCCC1)C1C(CC)C1(C)C. The van der Waals surface area contributed by atoms with Gasteiger partial charge < -0.3 is 10.1 Å². The Bertz CT molecular complexity index is 927. The van der Waals surface area contributed by atoms with Gasteiger partial charge in [0.1, 0.15) is 5.78 Å². The summed E-state index contributed by atoms with van der Waals surface area (Å²) in [6.45, 7) is 20.3. The Morgan fingerprint density at radius 3 is 2.15 bits per heavy atom. The molecular formula is C35H57NO5. The molecule has 2 aliphatic carbocycles. The maximum absolute atomic E-state index is 14.1. The normalized spacial score (nSPS) is 22.0. The van der Waals surface area contributed by atoms with Crippen LogP contribution in [-0.2, 0) is 23.9 Å². The largest absolute Gasteiger partial charge is 0.476 e. The van der Waals surface area contributed by atoms with Gasteiger partial charge in [0, 0.05) is 31.1 Å². The first-order chi connectivity index (χ1) is 19.5. The molecule has 232 valence electrons. The van der Waals surface area contributed by atoms with Gasteiger partial charge in [-0.15, -0.1) is 6.58 Å². The average molecular weight is 572 g/mol. The number of hydrogen-bond acceptors (Lipinski definition) is 6. The van der Waals surface area contributed by atoms with Crippen LogP contribution in [0.1, 0.15) is 125 Å². The van der Waals surface area contributed by atoms with Crippen molar-refractivity contribution >= 4 is 23.1 Å². The average Bonchev–Trinajstić information content (AvgIpc) is 3.24. The van der Waals surface area contributed by atoms with Crippen molar-refractivity contribution in [2.24, 2.45) is 35.0 Å². The van der Waals surface area contributed by atoms with Gasteiger partial charge in [0.15, 0.2) is 17.4 Å². The van der Waals surface area contributed by atoms with Gasteiger partial charge in [-0.2, -0.15) is 0 Å². The number of ether oxygens (including phenoxy) is 1. The van der Waals surface area contributed by atoms with E-state index in [0.717, 1.165) is 44.9 Å². The van der Waals surface area contributed by atoms with Gasteiger partial charge in [-0.05, 0) is 68.3 Å². The summed E-state index contributed by atoms with van der Waals surface area (Å²) in [4.78, 5) is 53.7. The molecule has 3 unspecified atom stereocenters. The first kappa shape index (κ1) is 35.0. The minimum atomic E-state index is -0.624. The summed E-state index contributed by atoms with van der Waals surface area (Å²) < 4.78 is 6.02. The second-order valence-corrected chi connectivity index (χ2v) is 13.1. The molecule has 0 bridgehead atoms. The lowest BCUT2D eigenvalue weighted by Gasteiger charge is -2.29. The summed E-state index contributed by atoms with van der Waals surface area (Å²) in [7, 11) is 0. The van der Waals surface area contributed by atoms with Gasteiger partial charge in [-0.1, -0.05) is 73.3 Å². The number of carbonyl (C=O) groups is 4. The summed E-state index contributed by atoms with van der Waals surface area (Å²) in [6, 6.07) is -0.440. The van der Waals surface area contributed by atoms with E-state index in [1.54, 1.807) is 6.08 Å². The minimum absolute atomic E-state index is 0.0273. The van der Waals surface area contributed by atoms with Crippen LogP contribution in [0.15, 0.2) is 25.1 Å². The molecular weight excluding hydrogens is 514 g/mol. The molecule has 0 saturated heterocycles. The maximum Gasteiger partial charge on any atom is 0.201 e. The summed E-state index contributed by atoms with van der Waals surface area (Å²) in [5.41, 5.74) is -0.0438. The van der Waals surface area contributed by atoms with Gasteiger partial charge in [0.2, 0.25) is 5.78 Å². The number of allylic oxidation sites excluding steroid dienone is 1. The van der Waals surface area contributed by atoms with Gasteiger partial charge in [0.25, 0.3) is 0 Å². The fourth-order valence-electron chi connectivity index (χ4n) is 7.42. The van der Waals surface area contributed by atoms with E-state index >= 15 is 0 Å². The van der Waals surface area contributed by atoms with E-state index in [9.17, 15) is 19.2 Å². The van der Waals surface area contributed by atoms with Crippen molar-refractivity contribution in [1.82, 2.24) is 5.32 Å². The Kier molecular flexibility index (Phi) is 14.0. The monoisotopic (exact) mass is 571 g/mol. The van der Waals surface area contributed by atoms with E-state index < -0.39 is 29.4 Å². The molecule has 0 radical (unpaired) electrons. The van der Waals surface area contributed by atoms with Crippen LogP contribution in [0, 0.1) is 35.0 Å². The van der Waals surface area contributed by atoms with Crippen LogP contribution in [0.4, 0.5) is 0 Å². The van der Waals surface area contributed by atoms with E-state index in [1.165, 1.54) is 0 Å². The maximum atomic E-state index is 14.1. The molecule has 2 saturated carbocycles. The van der Waals surface area contributed by atoms with Gasteiger partial charge in [-0.25, -0.2) is 0 Å². The standard InChI is InChI=1S/C35H57NO5/c1-9-14-20-29(37)34(40)25(17-10-2)21-30(38)27(32-28(13-5)35(32,7)8)22-31(39)33(24-18-15-16-19-24)36-23(6)41-26(11-3)12-4/h9,24-28,32-33,36H,1,6,10-22H2,2-5,7-8H3/t25?,27-,28?,32?,33+/m1/s1. The number of hydrogen-bond donors (Lipinski definition) is 1. The van der Waals surface area contributed by atoms with Crippen molar-refractivity contribution < 1.29 is 23.9 Å². The molecule has 0 heterocycles. The number of nitrogens with one attached hydrogen (secondary N) is 1. The van der Waals surface area contributed by atoms with Gasteiger partial charge in [0.05, 0.1) is 12.1 Å². The van der Waals surface area contributed by atoms with Gasteiger partial charge >= 0.3 is 0 Å². The van der Waals surface area contributed by atoms with Crippen molar-refractivity contribution in [2.75, 3.05) is 0 Å². The zero-order chi connectivity index (χ0) is 30.7. The minimum Gasteiger partial charge on any atom is -0.476 e. The highest BCUT2D eigenvalue weighted by Crippen LogP contribution is 2.64. The van der Waals surface area contributed by atoms with Crippen LogP contribution < -0.4 is 5.32 Å². The molecule has 0 aromatic heterocycles. The van der Waals surface area contributed by atoms with Crippen LogP contribution in [0.25, 0.3) is 0 Å². The fraction of sp³-hybridized carbons (Fsp3) is 0.771. The third-order valence-corrected chi connectivity index (χ3v) is 9.91. The summed E-state index contributed by atoms with van der Waals surface area (Å²) >= 11 is 0. The van der Waals surface area contributed by atoms with E-state index in [1.807, 2.05) is 6.92 Å². The molecule has 0 spiro atoms. The molecule has 0 aliphatic heterocycles. The first-order valence-corrected chi connectivity index (χ1v) is 16.3. The Morgan fingerprint density at radius 1 is 1.00 bits per heavy atom. The van der Waals surface area contributed by atoms with Crippen molar-refractivity contribution in [2.45, 2.75) is 137 Å². The zero-order valence-corrected chi connectivity index (χ0v) is 26.8. The number of Topliss-reactive ketones (excluding diaryl/α,β-unsaturated/α-hetero) is 4. The quantitative estimate of drug-likeness (QED) is 0.0820. The second-order valence-electron chi connectivity index (χ2n) is 13.1. The highest BCUT2D eigenvalue weighted by atomic mass is 16.5. The Balaban J connectivity index is 2.29. The first-order valence-electron chi connectivity index (χ1n) is 16.3. The molecule has 0 aromatic rings. The summed E-state index contributed by atoms with van der Waals surface area (Å²) in [5, 5.41) is 3.34. The van der Waals surface area contributed by atoms with Crippen molar-refractivity contribution in [1.29, 1.82) is 0 Å². The lowest BCUT2D eigenvalue weighted by molar-refractivity contribution is -0.141. The highest BCUT2D eigenvalue weighted by Gasteiger charge is 2.61. The van der Waals surface area contributed by atoms with Crippen LogP contribution in [-0.4, -0.2) is 35.3 Å². The van der Waals surface area contributed by atoms with E-state index in [-0.39, 0.29) is 54.2 Å². The van der Waals surface area contributed by atoms with Crippen molar-refractivity contribution in [3.8, 4) is 0 Å². The number of rotatable bonds is 22. The highest BCUT2D eigenvalue weighted by molar-refractivity contribution is 6.38. The van der Waals surface area contributed by atoms with Crippen molar-refractivity contribution in [3.63, 3.8) is 0 Å². The molecule has 2 aliphatic rings. The van der Waals surface area contributed by atoms with E-state index in [2.05, 4.69) is 53.1 Å². The van der Waals surface area contributed by atoms with Gasteiger partial charge in [-0.3, -0.25) is 19.2 Å². The third-order valence-electron chi connectivity index (χ3n) is 9.91. The second kappa shape index (κ2) is 16.4. The third kappa shape index (κ3) is 9.38. The summed E-state index contributed by atoms with van der Waals surface area (Å²) in [6.07, 6.45) is 10.4. The lowest BCUT2D eigenvalue weighted by Crippen LogP contribution is -2.44. The van der Waals surface area contributed by atoms with E-state index in [4.69, 9.17) is 4.74 Å². The van der Waals surface area contributed by atoms with Crippen LogP contribution >= 0.6 is 0 Å². The summed E-state index contributed by atoms with van der Waals surface area (Å²) in [5.74, 6) is -0.925. The molecule has 2 rings (SSSR count). The molecule has 0 aromatic carbocycles. The fourth-order valence-corrected chi connectivity index (χ4v) is 7.42. The molecule has 0 amide bonds. The molecule has 6 nitrogen and oxygen atoms in total. The Labute approximate surface area is 249 Å². The number of carbonyl (C=O) groups excluding carboxylic acids is 4. The molecule has 5 atom stereocenters. The van der Waals surface area contributed by atoms with Crippen LogP contribution in [0.5, 0.6) is 0 Å². The smallest absolute Gasteiger partial charge is 0.201 e. The topological polar surface area (TPSA) is 89.5 Å². The number of ketones is 4. The Morgan fingerprint density at radius 2 is 1.63 bits per heavy atom. The molecule has 41 heavy (non-hydrogen) atoms. The predicted octanol–water partition coefficient (Wildman–Crippen LogP) is 7.55. The zero-order valence-electron chi connectivity index (χ0n) is 26.8. The lowest BCUT2D eigenvalue weighted by atomic mass is 9.79. The molecule has 2 fully saturated rings. The predicted molar refractivity (Wildman–Crippen MR) is 165 cm³/mol. The van der Waals surface area contributed by atoms with E-state index in [0.29, 0.717) is 31.1 Å². The van der Waals surface area contributed by atoms with Crippen LogP contribution in [0.2, 0.25) is 0 Å². The van der Waals surface area contributed by atoms with Crippen molar-refractivity contribution in [3.05, 3.63) is 25.1 Å².